The summed E-state index contributed by atoms with van der Waals surface area (Å²) in [6.07, 6.45) is -6.12. The quantitative estimate of drug-likeness (QED) is 0.777. The van der Waals surface area contributed by atoms with E-state index in [0.29, 0.717) is 6.92 Å². The van der Waals surface area contributed by atoms with Gasteiger partial charge in [-0.15, -0.1) is 0 Å². The van der Waals surface area contributed by atoms with Gasteiger partial charge in [-0.1, -0.05) is 12.1 Å². The lowest BCUT2D eigenvalue weighted by molar-refractivity contribution is -0.254. The molecular weight excluding hydrogens is 380 g/mol. The zero-order valence-corrected chi connectivity index (χ0v) is 14.6. The van der Waals surface area contributed by atoms with Gasteiger partial charge in [0.05, 0.1) is 6.42 Å². The summed E-state index contributed by atoms with van der Waals surface area (Å²) >= 11 is 0. The largest absolute Gasteiger partial charge is 0.417 e. The maximum Gasteiger partial charge on any atom is 0.417 e. The molecule has 0 unspecified atom stereocenters. The van der Waals surface area contributed by atoms with Gasteiger partial charge in [-0.05, 0) is 19.1 Å². The van der Waals surface area contributed by atoms with Crippen LogP contribution in [0.2, 0.25) is 0 Å². The highest BCUT2D eigenvalue weighted by Crippen LogP contribution is 2.33. The minimum atomic E-state index is -4.96. The Balaban J connectivity index is 2.03. The molecule has 1 N–H and O–H groups in total. The molecule has 0 saturated carbocycles. The first-order chi connectivity index (χ1) is 11.9. The van der Waals surface area contributed by atoms with Crippen LogP contribution in [0.15, 0.2) is 29.2 Å². The molecular formula is C15H18F4N2O4S. The van der Waals surface area contributed by atoms with E-state index in [4.69, 9.17) is 0 Å². The van der Waals surface area contributed by atoms with E-state index in [-0.39, 0.29) is 26.2 Å². The minimum Gasteiger partial charge on any atom is -0.380 e. The molecule has 146 valence electrons. The van der Waals surface area contributed by atoms with Crippen molar-refractivity contribution in [1.82, 2.24) is 9.21 Å². The van der Waals surface area contributed by atoms with E-state index in [9.17, 15) is 35.9 Å². The van der Waals surface area contributed by atoms with E-state index in [1.54, 1.807) is 0 Å². The van der Waals surface area contributed by atoms with Crippen molar-refractivity contribution in [2.24, 2.45) is 0 Å². The van der Waals surface area contributed by atoms with Crippen molar-refractivity contribution >= 4 is 15.9 Å². The number of amides is 1. The van der Waals surface area contributed by atoms with Crippen LogP contribution in [0.5, 0.6) is 0 Å². The molecule has 6 nitrogen and oxygen atoms in total. The van der Waals surface area contributed by atoms with Crippen LogP contribution in [0, 0.1) is 5.82 Å². The molecule has 1 saturated heterocycles. The van der Waals surface area contributed by atoms with Gasteiger partial charge in [-0.2, -0.15) is 17.5 Å². The maximum absolute atomic E-state index is 13.7. The second-order valence-corrected chi connectivity index (χ2v) is 8.07. The molecule has 1 aromatic carbocycles. The summed E-state index contributed by atoms with van der Waals surface area (Å²) in [5.41, 5.74) is -3.17. The van der Waals surface area contributed by atoms with E-state index in [0.717, 1.165) is 21.3 Å². The summed E-state index contributed by atoms with van der Waals surface area (Å²) in [5, 5.41) is 9.39. The van der Waals surface area contributed by atoms with Crippen LogP contribution in [-0.2, 0) is 14.8 Å². The second-order valence-electron chi connectivity index (χ2n) is 6.16. The van der Waals surface area contributed by atoms with Crippen LogP contribution in [-0.4, -0.2) is 66.6 Å². The highest BCUT2D eigenvalue weighted by molar-refractivity contribution is 7.89. The Morgan fingerprint density at radius 2 is 1.69 bits per heavy atom. The Morgan fingerprint density at radius 1 is 1.15 bits per heavy atom. The van der Waals surface area contributed by atoms with Crippen molar-refractivity contribution in [3.63, 3.8) is 0 Å². The number of piperazine rings is 1. The number of hydrogen-bond acceptors (Lipinski definition) is 4. The topological polar surface area (TPSA) is 77.9 Å². The van der Waals surface area contributed by atoms with Gasteiger partial charge in [0.1, 0.15) is 10.7 Å². The van der Waals surface area contributed by atoms with Crippen molar-refractivity contribution < 1.29 is 35.9 Å². The number of benzene rings is 1. The number of alkyl halides is 3. The molecule has 11 heteroatoms. The average Bonchev–Trinajstić information content (AvgIpc) is 2.53. The summed E-state index contributed by atoms with van der Waals surface area (Å²) in [6, 6.07) is 4.83. The monoisotopic (exact) mass is 398 g/mol. The van der Waals surface area contributed by atoms with Crippen molar-refractivity contribution in [1.29, 1.82) is 0 Å². The molecule has 1 amide bonds. The second kappa shape index (κ2) is 7.12. The third kappa shape index (κ3) is 4.15. The Labute approximate surface area is 148 Å². The zero-order chi connectivity index (χ0) is 19.8. The smallest absolute Gasteiger partial charge is 0.380 e. The molecule has 0 bridgehead atoms. The molecule has 2 rings (SSSR count). The number of carbonyl (C=O) groups excluding carboxylic acids is 1. The maximum atomic E-state index is 13.7. The normalized spacial score (nSPS) is 19.2. The van der Waals surface area contributed by atoms with Gasteiger partial charge in [0, 0.05) is 26.2 Å². The van der Waals surface area contributed by atoms with Crippen molar-refractivity contribution in [3.8, 4) is 0 Å². The lowest BCUT2D eigenvalue weighted by Crippen LogP contribution is -2.53. The molecule has 1 aliphatic heterocycles. The number of hydrogen-bond donors (Lipinski definition) is 1. The first kappa shape index (κ1) is 20.6. The van der Waals surface area contributed by atoms with Gasteiger partial charge in [-0.3, -0.25) is 4.79 Å². The van der Waals surface area contributed by atoms with E-state index in [1.807, 2.05) is 0 Å². The van der Waals surface area contributed by atoms with E-state index in [1.165, 1.54) is 12.1 Å². The molecule has 0 aliphatic carbocycles. The summed E-state index contributed by atoms with van der Waals surface area (Å²) in [6.45, 7) is -0.169. The zero-order valence-electron chi connectivity index (χ0n) is 13.8. The number of aliphatic hydroxyl groups is 1. The summed E-state index contributed by atoms with van der Waals surface area (Å²) < 4.78 is 77.6. The highest BCUT2D eigenvalue weighted by atomic mass is 32.2. The van der Waals surface area contributed by atoms with Gasteiger partial charge < -0.3 is 10.0 Å². The summed E-state index contributed by atoms with van der Waals surface area (Å²) in [7, 11) is -4.11. The Kier molecular flexibility index (Phi) is 5.64. The van der Waals surface area contributed by atoms with E-state index >= 15 is 0 Å². The van der Waals surface area contributed by atoms with Crippen molar-refractivity contribution in [2.75, 3.05) is 26.2 Å². The first-order valence-corrected chi connectivity index (χ1v) is 9.12. The molecule has 0 aromatic heterocycles. The molecule has 26 heavy (non-hydrogen) atoms. The molecule has 1 aromatic rings. The van der Waals surface area contributed by atoms with E-state index < -0.39 is 44.8 Å². The summed E-state index contributed by atoms with van der Waals surface area (Å²) in [4.78, 5) is 12.5. The fraction of sp³-hybridized carbons (Fsp3) is 0.533. The number of rotatable bonds is 4. The van der Waals surface area contributed by atoms with Crippen LogP contribution in [0.25, 0.3) is 0 Å². The lowest BCUT2D eigenvalue weighted by atomic mass is 10.0. The fourth-order valence-corrected chi connectivity index (χ4v) is 3.96. The minimum absolute atomic E-state index is 0.152. The average molecular weight is 398 g/mol. The standard InChI is InChI=1S/C15H18F4N2O4S/c1-14(23,15(17,18)19)10-13(22)20-6-8-21(9-7-20)26(24,25)12-5-3-2-4-11(12)16/h2-5,23H,6-10H2,1H3/t14-/m0/s1. The predicted octanol–water partition coefficient (Wildman–Crippen LogP) is 1.36. The Morgan fingerprint density at radius 3 is 2.19 bits per heavy atom. The number of nitrogens with zero attached hydrogens (tertiary/aromatic N) is 2. The van der Waals surface area contributed by atoms with Gasteiger partial charge >= 0.3 is 6.18 Å². The van der Waals surface area contributed by atoms with Crippen LogP contribution >= 0.6 is 0 Å². The molecule has 0 radical (unpaired) electrons. The Bertz CT molecular complexity index is 772. The van der Waals surface area contributed by atoms with Gasteiger partial charge in [0.15, 0.2) is 5.60 Å². The van der Waals surface area contributed by atoms with Crippen LogP contribution < -0.4 is 0 Å². The van der Waals surface area contributed by atoms with Gasteiger partial charge in [0.2, 0.25) is 15.9 Å². The number of sulfonamides is 1. The molecule has 1 heterocycles. The molecule has 1 fully saturated rings. The fourth-order valence-electron chi connectivity index (χ4n) is 2.48. The lowest BCUT2D eigenvalue weighted by Gasteiger charge is -2.35. The number of carbonyl (C=O) groups is 1. The SMILES string of the molecule is C[C@](O)(CC(=O)N1CCN(S(=O)(=O)c2ccccc2F)CC1)C(F)(F)F. The van der Waals surface area contributed by atoms with E-state index in [2.05, 4.69) is 0 Å². The van der Waals surface area contributed by atoms with Crippen LogP contribution in [0.3, 0.4) is 0 Å². The van der Waals surface area contributed by atoms with Gasteiger partial charge in [0.25, 0.3) is 0 Å². The van der Waals surface area contributed by atoms with Crippen LogP contribution in [0.4, 0.5) is 17.6 Å². The summed E-state index contributed by atoms with van der Waals surface area (Å²) in [5.74, 6) is -1.84. The molecule has 1 aliphatic rings. The van der Waals surface area contributed by atoms with Gasteiger partial charge in [-0.25, -0.2) is 12.8 Å². The first-order valence-electron chi connectivity index (χ1n) is 7.68. The predicted molar refractivity (Wildman–Crippen MR) is 83.0 cm³/mol. The van der Waals surface area contributed by atoms with Crippen molar-refractivity contribution in [3.05, 3.63) is 30.1 Å². The third-order valence-electron chi connectivity index (χ3n) is 4.15. The molecule has 0 spiro atoms. The molecule has 1 atom stereocenters. The van der Waals surface area contributed by atoms with Crippen LogP contribution in [0.1, 0.15) is 13.3 Å². The highest BCUT2D eigenvalue weighted by Gasteiger charge is 2.51. The van der Waals surface area contributed by atoms with Crippen molar-refractivity contribution in [2.45, 2.75) is 30.0 Å². The number of halogens is 4. The third-order valence-corrected chi connectivity index (χ3v) is 6.08. The Hall–Kier alpha value is -1.72.